The van der Waals surface area contributed by atoms with E-state index in [1.807, 2.05) is 6.07 Å². The van der Waals surface area contributed by atoms with E-state index in [1.54, 1.807) is 0 Å². The van der Waals surface area contributed by atoms with Gasteiger partial charge in [0.2, 0.25) is 0 Å². The Morgan fingerprint density at radius 1 is 1.17 bits per heavy atom. The minimum Gasteiger partial charge on any atom is -0.486 e. The summed E-state index contributed by atoms with van der Waals surface area (Å²) in [6.45, 7) is 2.30. The predicted molar refractivity (Wildman–Crippen MR) is 90.6 cm³/mol. The van der Waals surface area contributed by atoms with E-state index in [0.717, 1.165) is 25.3 Å². The molecule has 3 atom stereocenters. The lowest BCUT2D eigenvalue weighted by atomic mass is 9.96. The standard InChI is InChI=1S/C20H23NO2/c22-19-13-21(12-15-5-2-1-3-6-15)14-20(19)23-18-10-9-16-7-4-8-17(16)11-18/h1-3,5-6,8-11,16,19-20,22H,4,7,12-14H2/t16?,19-,20-/m0/s1. The summed E-state index contributed by atoms with van der Waals surface area (Å²) in [4.78, 5) is 2.26. The van der Waals surface area contributed by atoms with Gasteiger partial charge in [0.25, 0.3) is 0 Å². The number of nitrogens with zero attached hydrogens (tertiary/aromatic N) is 1. The molecule has 1 N–H and O–H groups in total. The highest BCUT2D eigenvalue weighted by Gasteiger charge is 2.33. The number of fused-ring (bicyclic) bond motifs is 1. The van der Waals surface area contributed by atoms with Crippen LogP contribution in [0.2, 0.25) is 0 Å². The third-order valence-corrected chi connectivity index (χ3v) is 4.94. The maximum atomic E-state index is 10.3. The molecule has 1 aromatic rings. The molecule has 0 amide bonds. The molecule has 0 aromatic heterocycles. The molecule has 3 nitrogen and oxygen atoms in total. The van der Waals surface area contributed by atoms with E-state index < -0.39 is 6.10 Å². The number of benzene rings is 1. The van der Waals surface area contributed by atoms with Crippen LogP contribution in [0.3, 0.4) is 0 Å². The summed E-state index contributed by atoms with van der Waals surface area (Å²) in [5.74, 6) is 1.46. The molecule has 1 aromatic carbocycles. The first-order valence-electron chi connectivity index (χ1n) is 8.49. The van der Waals surface area contributed by atoms with Gasteiger partial charge < -0.3 is 9.84 Å². The molecule has 0 saturated carbocycles. The minimum atomic E-state index is -0.428. The van der Waals surface area contributed by atoms with E-state index >= 15 is 0 Å². The summed E-state index contributed by atoms with van der Waals surface area (Å²) >= 11 is 0. The molecule has 0 bridgehead atoms. The second-order valence-corrected chi connectivity index (χ2v) is 6.70. The van der Waals surface area contributed by atoms with Gasteiger partial charge in [-0.15, -0.1) is 0 Å². The van der Waals surface area contributed by atoms with Crippen molar-refractivity contribution >= 4 is 0 Å². The molecule has 1 aliphatic heterocycles. The number of likely N-dealkylation sites (tertiary alicyclic amines) is 1. The summed E-state index contributed by atoms with van der Waals surface area (Å²) in [5, 5.41) is 10.3. The molecule has 1 heterocycles. The molecule has 1 unspecified atom stereocenters. The Hall–Kier alpha value is -1.84. The van der Waals surface area contributed by atoms with Gasteiger partial charge in [-0.25, -0.2) is 0 Å². The Balaban J connectivity index is 1.38. The Morgan fingerprint density at radius 2 is 2.04 bits per heavy atom. The van der Waals surface area contributed by atoms with E-state index in [9.17, 15) is 5.11 Å². The van der Waals surface area contributed by atoms with Crippen molar-refractivity contribution in [3.05, 3.63) is 71.5 Å². The average Bonchev–Trinajstić information content (AvgIpc) is 3.15. The van der Waals surface area contributed by atoms with Crippen molar-refractivity contribution in [2.75, 3.05) is 13.1 Å². The van der Waals surface area contributed by atoms with Gasteiger partial charge >= 0.3 is 0 Å². The number of aliphatic hydroxyl groups excluding tert-OH is 1. The number of aliphatic hydroxyl groups is 1. The molecular formula is C20H23NO2. The number of hydrogen-bond acceptors (Lipinski definition) is 3. The minimum absolute atomic E-state index is 0.145. The van der Waals surface area contributed by atoms with Crippen molar-refractivity contribution in [1.29, 1.82) is 0 Å². The highest BCUT2D eigenvalue weighted by Crippen LogP contribution is 2.33. The molecule has 0 spiro atoms. The van der Waals surface area contributed by atoms with Crippen molar-refractivity contribution in [3.63, 3.8) is 0 Å². The summed E-state index contributed by atoms with van der Waals surface area (Å²) in [7, 11) is 0. The van der Waals surface area contributed by atoms with Crippen molar-refractivity contribution in [3.8, 4) is 0 Å². The Bertz CT molecular complexity index is 647. The van der Waals surface area contributed by atoms with Gasteiger partial charge in [-0.1, -0.05) is 42.5 Å². The molecule has 23 heavy (non-hydrogen) atoms. The summed E-state index contributed by atoms with van der Waals surface area (Å²) < 4.78 is 6.08. The van der Waals surface area contributed by atoms with E-state index in [1.165, 1.54) is 17.6 Å². The second-order valence-electron chi connectivity index (χ2n) is 6.70. The molecule has 3 heteroatoms. The Morgan fingerprint density at radius 3 is 2.91 bits per heavy atom. The van der Waals surface area contributed by atoms with Crippen LogP contribution in [-0.2, 0) is 11.3 Å². The molecular weight excluding hydrogens is 286 g/mol. The quantitative estimate of drug-likeness (QED) is 0.928. The zero-order valence-electron chi connectivity index (χ0n) is 13.3. The lowest BCUT2D eigenvalue weighted by Gasteiger charge is -2.21. The van der Waals surface area contributed by atoms with E-state index in [0.29, 0.717) is 12.5 Å². The van der Waals surface area contributed by atoms with Crippen LogP contribution < -0.4 is 0 Å². The normalized spacial score (nSPS) is 30.0. The maximum absolute atomic E-state index is 10.3. The fourth-order valence-electron chi connectivity index (χ4n) is 3.71. The summed E-state index contributed by atoms with van der Waals surface area (Å²) in [5.41, 5.74) is 2.65. The first kappa shape index (κ1) is 14.7. The van der Waals surface area contributed by atoms with Gasteiger partial charge in [0.1, 0.15) is 18.0 Å². The van der Waals surface area contributed by atoms with Crippen molar-refractivity contribution < 1.29 is 9.84 Å². The third kappa shape index (κ3) is 3.26. The first-order chi connectivity index (χ1) is 11.3. The average molecular weight is 309 g/mol. The fraction of sp³-hybridized carbons (Fsp3) is 0.400. The molecule has 3 aliphatic rings. The Kier molecular flexibility index (Phi) is 4.06. The Labute approximate surface area is 137 Å². The number of β-amino-alcohol motifs (C(OH)–C–C–N with tert-alkyl or cyclic N) is 1. The van der Waals surface area contributed by atoms with Gasteiger partial charge in [-0.2, -0.15) is 0 Å². The number of allylic oxidation sites excluding steroid dienone is 5. The van der Waals surface area contributed by atoms with Gasteiger partial charge in [0.05, 0.1) is 0 Å². The van der Waals surface area contributed by atoms with Gasteiger partial charge in [-0.3, -0.25) is 4.90 Å². The summed E-state index contributed by atoms with van der Waals surface area (Å²) in [6, 6.07) is 10.4. The van der Waals surface area contributed by atoms with Crippen molar-refractivity contribution in [1.82, 2.24) is 4.90 Å². The topological polar surface area (TPSA) is 32.7 Å². The van der Waals surface area contributed by atoms with Crippen LogP contribution in [0.15, 0.2) is 66.0 Å². The number of ether oxygens (including phenoxy) is 1. The number of hydrogen-bond donors (Lipinski definition) is 1. The van der Waals surface area contributed by atoms with Crippen molar-refractivity contribution in [2.45, 2.75) is 31.6 Å². The predicted octanol–water partition coefficient (Wildman–Crippen LogP) is 3.04. The lowest BCUT2D eigenvalue weighted by Crippen LogP contribution is -2.26. The smallest absolute Gasteiger partial charge is 0.138 e. The maximum Gasteiger partial charge on any atom is 0.138 e. The fourth-order valence-corrected chi connectivity index (χ4v) is 3.71. The van der Waals surface area contributed by atoms with Crippen LogP contribution in [-0.4, -0.2) is 35.3 Å². The highest BCUT2D eigenvalue weighted by molar-refractivity contribution is 5.38. The molecule has 2 aliphatic carbocycles. The lowest BCUT2D eigenvalue weighted by molar-refractivity contribution is 0.0341. The van der Waals surface area contributed by atoms with E-state index in [2.05, 4.69) is 53.5 Å². The van der Waals surface area contributed by atoms with Gasteiger partial charge in [0.15, 0.2) is 0 Å². The second kappa shape index (κ2) is 6.34. The zero-order chi connectivity index (χ0) is 15.6. The van der Waals surface area contributed by atoms with Crippen LogP contribution >= 0.6 is 0 Å². The zero-order valence-corrected chi connectivity index (χ0v) is 13.3. The van der Waals surface area contributed by atoms with Crippen LogP contribution in [0.5, 0.6) is 0 Å². The molecule has 1 fully saturated rings. The monoisotopic (exact) mass is 309 g/mol. The SMILES string of the molecule is O[C@H]1CN(Cc2ccccc2)C[C@@H]1OC1=CC2=CCCC2C=C1. The van der Waals surface area contributed by atoms with E-state index in [-0.39, 0.29) is 6.10 Å². The van der Waals surface area contributed by atoms with Crippen molar-refractivity contribution in [2.24, 2.45) is 5.92 Å². The largest absolute Gasteiger partial charge is 0.486 e. The van der Waals surface area contributed by atoms with Crippen LogP contribution in [0.1, 0.15) is 18.4 Å². The van der Waals surface area contributed by atoms with Gasteiger partial charge in [-0.05, 0) is 36.1 Å². The third-order valence-electron chi connectivity index (χ3n) is 4.94. The first-order valence-corrected chi connectivity index (χ1v) is 8.49. The number of rotatable bonds is 4. The van der Waals surface area contributed by atoms with Crippen LogP contribution in [0.25, 0.3) is 0 Å². The van der Waals surface area contributed by atoms with Crippen LogP contribution in [0, 0.1) is 5.92 Å². The summed E-state index contributed by atoms with van der Waals surface area (Å²) in [6.07, 6.45) is 10.5. The molecule has 0 radical (unpaired) electrons. The molecule has 1 saturated heterocycles. The molecule has 120 valence electrons. The van der Waals surface area contributed by atoms with E-state index in [4.69, 9.17) is 4.74 Å². The highest BCUT2D eigenvalue weighted by atomic mass is 16.5. The van der Waals surface area contributed by atoms with Gasteiger partial charge in [0, 0.05) is 25.6 Å². The van der Waals surface area contributed by atoms with Crippen LogP contribution in [0.4, 0.5) is 0 Å². The molecule has 4 rings (SSSR count).